The van der Waals surface area contributed by atoms with E-state index < -0.39 is 0 Å². The van der Waals surface area contributed by atoms with Gasteiger partial charge in [-0.2, -0.15) is 0 Å². The SMILES string of the molecule is CC1=CC(Nc2cc(N3CCN(c4ccc(Cl)cc4)CC3)nc(/C=C/c3ccccc3)n2)=NC1. The number of amidine groups is 1. The number of nitrogens with zero attached hydrogens (tertiary/aromatic N) is 5. The first-order chi connectivity index (χ1) is 16.6. The monoisotopic (exact) mass is 470 g/mol. The van der Waals surface area contributed by atoms with Crippen molar-refractivity contribution in [3.63, 3.8) is 0 Å². The van der Waals surface area contributed by atoms with Gasteiger partial charge in [-0.3, -0.25) is 4.99 Å². The minimum Gasteiger partial charge on any atom is -0.368 e. The Kier molecular flexibility index (Phi) is 6.58. The van der Waals surface area contributed by atoms with Gasteiger partial charge in [0.25, 0.3) is 0 Å². The average molecular weight is 471 g/mol. The van der Waals surface area contributed by atoms with Crippen LogP contribution in [-0.4, -0.2) is 48.5 Å². The normalized spacial score (nSPS) is 16.1. The molecule has 0 aliphatic carbocycles. The third-order valence-corrected chi connectivity index (χ3v) is 6.14. The van der Waals surface area contributed by atoms with Crippen molar-refractivity contribution in [3.05, 3.63) is 88.7 Å². The molecule has 3 heterocycles. The molecule has 3 aromatic rings. The molecule has 0 saturated carbocycles. The molecule has 1 N–H and O–H groups in total. The zero-order chi connectivity index (χ0) is 23.3. The predicted octanol–water partition coefficient (Wildman–Crippen LogP) is 5.40. The van der Waals surface area contributed by atoms with Crippen LogP contribution in [0.5, 0.6) is 0 Å². The quantitative estimate of drug-likeness (QED) is 0.541. The van der Waals surface area contributed by atoms with Crippen LogP contribution in [0.15, 0.2) is 77.3 Å². The van der Waals surface area contributed by atoms with Crippen LogP contribution in [0.25, 0.3) is 12.2 Å². The van der Waals surface area contributed by atoms with Gasteiger partial charge in [0.15, 0.2) is 5.82 Å². The highest BCUT2D eigenvalue weighted by Gasteiger charge is 2.20. The number of nitrogens with one attached hydrogen (secondary N) is 1. The van der Waals surface area contributed by atoms with E-state index in [0.29, 0.717) is 5.82 Å². The molecule has 2 aliphatic rings. The minimum absolute atomic E-state index is 0.670. The summed E-state index contributed by atoms with van der Waals surface area (Å²) in [5.41, 5.74) is 3.54. The fourth-order valence-electron chi connectivity index (χ4n) is 4.08. The van der Waals surface area contributed by atoms with E-state index in [0.717, 1.165) is 60.8 Å². The molecule has 1 fully saturated rings. The zero-order valence-corrected chi connectivity index (χ0v) is 19.9. The first kappa shape index (κ1) is 22.2. The summed E-state index contributed by atoms with van der Waals surface area (Å²) in [5.74, 6) is 3.18. The number of aliphatic imine (C=N–C) groups is 1. The molecule has 172 valence electrons. The molecule has 0 amide bonds. The second kappa shape index (κ2) is 10.1. The van der Waals surface area contributed by atoms with Crippen LogP contribution >= 0.6 is 11.6 Å². The van der Waals surface area contributed by atoms with Crippen molar-refractivity contribution in [1.82, 2.24) is 9.97 Å². The van der Waals surface area contributed by atoms with Gasteiger partial charge in [0.1, 0.15) is 17.5 Å². The first-order valence-electron chi connectivity index (χ1n) is 11.5. The summed E-state index contributed by atoms with van der Waals surface area (Å²) in [4.78, 5) is 18.8. The van der Waals surface area contributed by atoms with Crippen LogP contribution in [0.1, 0.15) is 18.3 Å². The van der Waals surface area contributed by atoms with Crippen LogP contribution < -0.4 is 15.1 Å². The summed E-state index contributed by atoms with van der Waals surface area (Å²) in [7, 11) is 0. The van der Waals surface area contributed by atoms with Crippen LogP contribution in [0, 0.1) is 0 Å². The van der Waals surface area contributed by atoms with Gasteiger partial charge in [-0.15, -0.1) is 0 Å². The van der Waals surface area contributed by atoms with Crippen LogP contribution in [0.3, 0.4) is 0 Å². The maximum absolute atomic E-state index is 6.05. The lowest BCUT2D eigenvalue weighted by molar-refractivity contribution is 0.646. The van der Waals surface area contributed by atoms with Crippen LogP contribution in [0.4, 0.5) is 17.3 Å². The topological polar surface area (TPSA) is 56.6 Å². The molecule has 34 heavy (non-hydrogen) atoms. The van der Waals surface area contributed by atoms with Gasteiger partial charge in [-0.05, 0) is 54.5 Å². The predicted molar refractivity (Wildman–Crippen MR) is 143 cm³/mol. The molecule has 0 spiro atoms. The highest BCUT2D eigenvalue weighted by atomic mass is 35.5. The fraction of sp³-hybridized carbons (Fsp3) is 0.222. The van der Waals surface area contributed by atoms with Crippen molar-refractivity contribution in [1.29, 1.82) is 0 Å². The summed E-state index contributed by atoms with van der Waals surface area (Å²) in [6.07, 6.45) is 6.07. The number of benzene rings is 2. The largest absolute Gasteiger partial charge is 0.368 e. The number of halogens is 1. The average Bonchev–Trinajstić information content (AvgIpc) is 3.28. The Morgan fingerprint density at radius 2 is 1.62 bits per heavy atom. The van der Waals surface area contributed by atoms with Gasteiger partial charge in [-0.25, -0.2) is 9.97 Å². The molecule has 2 aromatic carbocycles. The lowest BCUT2D eigenvalue weighted by Gasteiger charge is -2.36. The second-order valence-electron chi connectivity index (χ2n) is 8.48. The summed E-state index contributed by atoms with van der Waals surface area (Å²) in [6, 6.07) is 20.3. The summed E-state index contributed by atoms with van der Waals surface area (Å²) in [6.45, 7) is 6.39. The summed E-state index contributed by atoms with van der Waals surface area (Å²) < 4.78 is 0. The number of rotatable bonds is 5. The summed E-state index contributed by atoms with van der Waals surface area (Å²) in [5, 5.41) is 4.13. The van der Waals surface area contributed by atoms with Gasteiger partial charge in [-0.1, -0.05) is 48.0 Å². The van der Waals surface area contributed by atoms with Crippen molar-refractivity contribution < 1.29 is 0 Å². The second-order valence-corrected chi connectivity index (χ2v) is 8.92. The van der Waals surface area contributed by atoms with E-state index in [1.165, 1.54) is 11.3 Å². The molecular weight excluding hydrogens is 444 g/mol. The zero-order valence-electron chi connectivity index (χ0n) is 19.2. The molecule has 2 aliphatic heterocycles. The molecule has 0 bridgehead atoms. The fourth-order valence-corrected chi connectivity index (χ4v) is 4.20. The van der Waals surface area contributed by atoms with Gasteiger partial charge in [0.2, 0.25) is 0 Å². The van der Waals surface area contributed by atoms with Crippen LogP contribution in [0.2, 0.25) is 5.02 Å². The van der Waals surface area contributed by atoms with Crippen molar-refractivity contribution in [2.24, 2.45) is 4.99 Å². The molecular formula is C27H27ClN6. The van der Waals surface area contributed by atoms with Gasteiger partial charge in [0, 0.05) is 43.0 Å². The Bertz CT molecular complexity index is 1230. The third-order valence-electron chi connectivity index (χ3n) is 5.89. The number of hydrogen-bond acceptors (Lipinski definition) is 6. The Morgan fingerprint density at radius 3 is 2.32 bits per heavy atom. The highest BCUT2D eigenvalue weighted by molar-refractivity contribution is 6.30. The Labute approximate surface area is 205 Å². The number of hydrogen-bond donors (Lipinski definition) is 1. The molecule has 1 aromatic heterocycles. The Balaban J connectivity index is 1.36. The van der Waals surface area contributed by atoms with E-state index in [-0.39, 0.29) is 0 Å². The molecule has 0 radical (unpaired) electrons. The minimum atomic E-state index is 0.670. The molecule has 0 unspecified atom stereocenters. The maximum atomic E-state index is 6.05. The van der Waals surface area contributed by atoms with E-state index in [1.807, 2.05) is 48.6 Å². The lowest BCUT2D eigenvalue weighted by Crippen LogP contribution is -2.46. The van der Waals surface area contributed by atoms with E-state index in [9.17, 15) is 0 Å². The van der Waals surface area contributed by atoms with E-state index in [1.54, 1.807) is 0 Å². The Hall–Kier alpha value is -3.64. The van der Waals surface area contributed by atoms with Gasteiger partial charge in [0.05, 0.1) is 6.54 Å². The molecule has 1 saturated heterocycles. The number of piperazine rings is 1. The molecule has 6 nitrogen and oxygen atoms in total. The van der Waals surface area contributed by atoms with Crippen LogP contribution in [-0.2, 0) is 0 Å². The molecule has 5 rings (SSSR count). The van der Waals surface area contributed by atoms with Crippen molar-refractivity contribution >= 4 is 46.9 Å². The van der Waals surface area contributed by atoms with Crippen molar-refractivity contribution in [2.75, 3.05) is 47.8 Å². The van der Waals surface area contributed by atoms with E-state index in [4.69, 9.17) is 21.6 Å². The van der Waals surface area contributed by atoms with Crippen molar-refractivity contribution in [2.45, 2.75) is 6.92 Å². The van der Waals surface area contributed by atoms with Gasteiger partial charge < -0.3 is 15.1 Å². The first-order valence-corrected chi connectivity index (χ1v) is 11.9. The van der Waals surface area contributed by atoms with Gasteiger partial charge >= 0.3 is 0 Å². The highest BCUT2D eigenvalue weighted by Crippen LogP contribution is 2.23. The van der Waals surface area contributed by atoms with E-state index in [2.05, 4.69) is 57.4 Å². The molecule has 7 heteroatoms. The Morgan fingerprint density at radius 1 is 0.882 bits per heavy atom. The lowest BCUT2D eigenvalue weighted by atomic mass is 10.2. The summed E-state index contributed by atoms with van der Waals surface area (Å²) >= 11 is 6.05. The number of aromatic nitrogens is 2. The van der Waals surface area contributed by atoms with Crippen molar-refractivity contribution in [3.8, 4) is 0 Å². The maximum Gasteiger partial charge on any atom is 0.156 e. The number of anilines is 3. The molecule has 0 atom stereocenters. The third kappa shape index (κ3) is 5.46. The standard InChI is InChI=1S/C27H27ClN6/c1-20-17-25(29-19-20)31-26-18-27(32-24(30-26)12-7-21-5-3-2-4-6-21)34-15-13-33(14-16-34)23-10-8-22(28)9-11-23/h2-12,17-18H,13-16,19H2,1H3,(H,29,30,31,32)/b12-7+. The smallest absolute Gasteiger partial charge is 0.156 e. The van der Waals surface area contributed by atoms with E-state index >= 15 is 0 Å².